The molecule has 3 heteroatoms. The van der Waals surface area contributed by atoms with Gasteiger partial charge in [0.05, 0.1) is 7.11 Å². The summed E-state index contributed by atoms with van der Waals surface area (Å²) < 4.78 is 5.60. The maximum absolute atomic E-state index is 5.85. The first-order chi connectivity index (χ1) is 10.2. The highest BCUT2D eigenvalue weighted by molar-refractivity contribution is 5.87. The number of nitrogens with zero attached hydrogens (tertiary/aromatic N) is 1. The Morgan fingerprint density at radius 1 is 1.24 bits per heavy atom. The molecule has 2 aromatic rings. The van der Waals surface area contributed by atoms with Crippen molar-refractivity contribution >= 4 is 10.8 Å². The Hall–Kier alpha value is -1.58. The highest BCUT2D eigenvalue weighted by Gasteiger charge is 2.28. The summed E-state index contributed by atoms with van der Waals surface area (Å²) in [7, 11) is 1.75. The lowest BCUT2D eigenvalue weighted by molar-refractivity contribution is 0.252. The van der Waals surface area contributed by atoms with E-state index >= 15 is 0 Å². The standard InChI is InChI=1S/C18H24N2O/c1-13-9-14(10-19)11-20(13)12-17-16-6-4-3-5-15(16)7-8-18(17)21-2/h3-8,13-14H,9-12,19H2,1-2H3. The lowest BCUT2D eigenvalue weighted by Crippen LogP contribution is -2.27. The van der Waals surface area contributed by atoms with Crippen molar-refractivity contribution in [3.05, 3.63) is 42.0 Å². The third-order valence-electron chi connectivity index (χ3n) is 4.70. The molecule has 1 fully saturated rings. The van der Waals surface area contributed by atoms with Crippen molar-refractivity contribution < 1.29 is 4.74 Å². The molecule has 0 spiro atoms. The molecule has 1 aliphatic heterocycles. The average Bonchev–Trinajstić information content (AvgIpc) is 2.88. The molecule has 1 saturated heterocycles. The van der Waals surface area contributed by atoms with Crippen LogP contribution in [0, 0.1) is 5.92 Å². The minimum atomic E-state index is 0.585. The van der Waals surface area contributed by atoms with Gasteiger partial charge in [-0.3, -0.25) is 4.90 Å². The largest absolute Gasteiger partial charge is 0.496 e. The van der Waals surface area contributed by atoms with Gasteiger partial charge in [-0.2, -0.15) is 0 Å². The van der Waals surface area contributed by atoms with Crippen molar-refractivity contribution in [2.45, 2.75) is 25.9 Å². The molecule has 112 valence electrons. The Kier molecular flexibility index (Phi) is 4.13. The molecule has 0 saturated carbocycles. The second-order valence-corrected chi connectivity index (χ2v) is 6.08. The maximum atomic E-state index is 5.85. The van der Waals surface area contributed by atoms with E-state index in [4.69, 9.17) is 10.5 Å². The van der Waals surface area contributed by atoms with Crippen LogP contribution in [0.4, 0.5) is 0 Å². The number of rotatable bonds is 4. The molecule has 2 N–H and O–H groups in total. The maximum Gasteiger partial charge on any atom is 0.123 e. The molecule has 2 unspecified atom stereocenters. The van der Waals surface area contributed by atoms with E-state index < -0.39 is 0 Å². The molecule has 0 aromatic heterocycles. The summed E-state index contributed by atoms with van der Waals surface area (Å²) in [5, 5.41) is 2.57. The summed E-state index contributed by atoms with van der Waals surface area (Å²) in [5.74, 6) is 1.61. The number of hydrogen-bond donors (Lipinski definition) is 1. The highest BCUT2D eigenvalue weighted by Crippen LogP contribution is 2.32. The molecule has 0 amide bonds. The molecule has 2 atom stereocenters. The second-order valence-electron chi connectivity index (χ2n) is 6.08. The smallest absolute Gasteiger partial charge is 0.123 e. The van der Waals surface area contributed by atoms with Crippen LogP contribution in [0.2, 0.25) is 0 Å². The zero-order valence-corrected chi connectivity index (χ0v) is 12.9. The first-order valence-corrected chi connectivity index (χ1v) is 7.71. The molecule has 0 aliphatic carbocycles. The van der Waals surface area contributed by atoms with E-state index in [0.717, 1.165) is 25.4 Å². The summed E-state index contributed by atoms with van der Waals surface area (Å²) in [4.78, 5) is 2.53. The average molecular weight is 284 g/mol. The van der Waals surface area contributed by atoms with Crippen molar-refractivity contribution in [2.24, 2.45) is 11.7 Å². The lowest BCUT2D eigenvalue weighted by atomic mass is 10.0. The van der Waals surface area contributed by atoms with E-state index in [1.54, 1.807) is 7.11 Å². The van der Waals surface area contributed by atoms with Gasteiger partial charge in [-0.05, 0) is 42.6 Å². The molecule has 0 radical (unpaired) electrons. The van der Waals surface area contributed by atoms with Crippen molar-refractivity contribution in [3.63, 3.8) is 0 Å². The normalized spacial score (nSPS) is 22.8. The molecule has 21 heavy (non-hydrogen) atoms. The third-order valence-corrected chi connectivity index (χ3v) is 4.70. The molecule has 1 heterocycles. The summed E-state index contributed by atoms with van der Waals surface area (Å²) >= 11 is 0. The number of nitrogens with two attached hydrogens (primary N) is 1. The van der Waals surface area contributed by atoms with Crippen LogP contribution < -0.4 is 10.5 Å². The summed E-state index contributed by atoms with van der Waals surface area (Å²) in [6, 6.07) is 13.3. The Morgan fingerprint density at radius 3 is 2.76 bits per heavy atom. The molecule has 3 rings (SSSR count). The first kappa shape index (κ1) is 14.4. The van der Waals surface area contributed by atoms with Gasteiger partial charge in [-0.1, -0.05) is 30.3 Å². The van der Waals surface area contributed by atoms with Crippen LogP contribution in [-0.2, 0) is 6.54 Å². The first-order valence-electron chi connectivity index (χ1n) is 7.71. The number of likely N-dealkylation sites (tertiary alicyclic amines) is 1. The van der Waals surface area contributed by atoms with Crippen molar-refractivity contribution in [2.75, 3.05) is 20.2 Å². The molecule has 0 bridgehead atoms. The van der Waals surface area contributed by atoms with Gasteiger partial charge in [0.15, 0.2) is 0 Å². The fraction of sp³-hybridized carbons (Fsp3) is 0.444. The predicted octanol–water partition coefficient (Wildman–Crippen LogP) is 3.02. The van der Waals surface area contributed by atoms with Gasteiger partial charge in [0.1, 0.15) is 5.75 Å². The SMILES string of the molecule is COc1ccc2ccccc2c1CN1CC(CN)CC1C. The summed E-state index contributed by atoms with van der Waals surface area (Å²) in [5.41, 5.74) is 7.14. The monoisotopic (exact) mass is 284 g/mol. The van der Waals surface area contributed by atoms with Crippen molar-refractivity contribution in [1.82, 2.24) is 4.90 Å². The van der Waals surface area contributed by atoms with Crippen LogP contribution in [0.5, 0.6) is 5.75 Å². The fourth-order valence-electron chi connectivity index (χ4n) is 3.48. The van der Waals surface area contributed by atoms with Crippen LogP contribution >= 0.6 is 0 Å². The molecular weight excluding hydrogens is 260 g/mol. The van der Waals surface area contributed by atoms with Gasteiger partial charge in [0, 0.05) is 24.7 Å². The van der Waals surface area contributed by atoms with Crippen LogP contribution in [0.15, 0.2) is 36.4 Å². The van der Waals surface area contributed by atoms with E-state index in [1.165, 1.54) is 22.8 Å². The number of methoxy groups -OCH3 is 1. The van der Waals surface area contributed by atoms with Gasteiger partial charge < -0.3 is 10.5 Å². The van der Waals surface area contributed by atoms with Crippen molar-refractivity contribution in [1.29, 1.82) is 0 Å². The van der Waals surface area contributed by atoms with Gasteiger partial charge >= 0.3 is 0 Å². The van der Waals surface area contributed by atoms with E-state index in [9.17, 15) is 0 Å². The second kappa shape index (κ2) is 6.04. The quantitative estimate of drug-likeness (QED) is 0.938. The van der Waals surface area contributed by atoms with Crippen molar-refractivity contribution in [3.8, 4) is 5.75 Å². The van der Waals surface area contributed by atoms with Gasteiger partial charge in [-0.15, -0.1) is 0 Å². The van der Waals surface area contributed by atoms with E-state index in [0.29, 0.717) is 12.0 Å². The third kappa shape index (κ3) is 2.76. The molecule has 1 aliphatic rings. The fourth-order valence-corrected chi connectivity index (χ4v) is 3.48. The van der Waals surface area contributed by atoms with Crippen LogP contribution in [0.3, 0.4) is 0 Å². The molecular formula is C18H24N2O. The van der Waals surface area contributed by atoms with Gasteiger partial charge in [-0.25, -0.2) is 0 Å². The molecule has 2 aromatic carbocycles. The Morgan fingerprint density at radius 2 is 2.05 bits per heavy atom. The Labute approximate surface area is 126 Å². The predicted molar refractivity (Wildman–Crippen MR) is 87.5 cm³/mol. The topological polar surface area (TPSA) is 38.5 Å². The lowest BCUT2D eigenvalue weighted by Gasteiger charge is -2.23. The highest BCUT2D eigenvalue weighted by atomic mass is 16.5. The number of fused-ring (bicyclic) bond motifs is 1. The Bertz CT molecular complexity index is 626. The minimum absolute atomic E-state index is 0.585. The Balaban J connectivity index is 1.95. The number of benzene rings is 2. The van der Waals surface area contributed by atoms with Gasteiger partial charge in [0.2, 0.25) is 0 Å². The van der Waals surface area contributed by atoms with E-state index in [2.05, 4.69) is 48.2 Å². The van der Waals surface area contributed by atoms with E-state index in [-0.39, 0.29) is 0 Å². The van der Waals surface area contributed by atoms with Gasteiger partial charge in [0.25, 0.3) is 0 Å². The van der Waals surface area contributed by atoms with E-state index in [1.807, 2.05) is 0 Å². The molecule has 3 nitrogen and oxygen atoms in total. The zero-order chi connectivity index (χ0) is 14.8. The van der Waals surface area contributed by atoms with Crippen LogP contribution in [-0.4, -0.2) is 31.1 Å². The number of ether oxygens (including phenoxy) is 1. The number of hydrogen-bond acceptors (Lipinski definition) is 3. The zero-order valence-electron chi connectivity index (χ0n) is 12.9. The van der Waals surface area contributed by atoms with Crippen LogP contribution in [0.25, 0.3) is 10.8 Å². The van der Waals surface area contributed by atoms with Crippen LogP contribution in [0.1, 0.15) is 18.9 Å². The summed E-state index contributed by atoms with van der Waals surface area (Å²) in [6.45, 7) is 5.10. The minimum Gasteiger partial charge on any atom is -0.496 e. The summed E-state index contributed by atoms with van der Waals surface area (Å²) in [6.07, 6.45) is 1.20.